The number of alkyl halides is 3. The Labute approximate surface area is 121 Å². The number of hydrogen-bond acceptors (Lipinski definition) is 5. The third-order valence-corrected chi connectivity index (χ3v) is 3.36. The Hall–Kier alpha value is -1.57. The number of hydrogen-bond donors (Lipinski definition) is 2. The zero-order valence-electron chi connectivity index (χ0n) is 12.0. The van der Waals surface area contributed by atoms with Crippen LogP contribution in [0.25, 0.3) is 0 Å². The van der Waals surface area contributed by atoms with E-state index in [0.29, 0.717) is 17.2 Å². The van der Waals surface area contributed by atoms with Crippen LogP contribution < -0.4 is 10.2 Å². The number of aromatic nitrogens is 2. The molecule has 0 aromatic carbocycles. The summed E-state index contributed by atoms with van der Waals surface area (Å²) in [6, 6.07) is 0. The molecular formula is C13H19F3N4O. The molecule has 0 amide bonds. The van der Waals surface area contributed by atoms with Gasteiger partial charge in [-0.1, -0.05) is 0 Å². The first-order valence-electron chi connectivity index (χ1n) is 6.84. The first-order chi connectivity index (χ1) is 9.85. The van der Waals surface area contributed by atoms with Crippen molar-refractivity contribution >= 4 is 11.6 Å². The molecule has 0 saturated heterocycles. The molecule has 0 aliphatic heterocycles. The fraction of sp³-hybridized carbons (Fsp3) is 0.692. The number of rotatable bonds is 6. The second kappa shape index (κ2) is 6.05. The minimum Gasteiger partial charge on any atom is -0.395 e. The average Bonchev–Trinajstić information content (AvgIpc) is 3.21. The minimum absolute atomic E-state index is 0.120. The molecule has 0 radical (unpaired) electrons. The summed E-state index contributed by atoms with van der Waals surface area (Å²) in [4.78, 5) is 9.73. The molecule has 0 bridgehead atoms. The van der Waals surface area contributed by atoms with E-state index in [4.69, 9.17) is 5.11 Å². The fourth-order valence-corrected chi connectivity index (χ4v) is 2.19. The number of aliphatic hydroxyl groups excluding tert-OH is 1. The maximum absolute atomic E-state index is 12.7. The summed E-state index contributed by atoms with van der Waals surface area (Å²) in [6.07, 6.45) is -2.43. The molecule has 1 saturated carbocycles. The molecule has 1 aliphatic carbocycles. The van der Waals surface area contributed by atoms with E-state index in [9.17, 15) is 13.2 Å². The summed E-state index contributed by atoms with van der Waals surface area (Å²) in [5.74, 6) is 1.58. The maximum atomic E-state index is 12.7. The monoisotopic (exact) mass is 304 g/mol. The highest BCUT2D eigenvalue weighted by Crippen LogP contribution is 2.40. The molecule has 1 aromatic rings. The first kappa shape index (κ1) is 15.8. The highest BCUT2D eigenvalue weighted by atomic mass is 19.4. The van der Waals surface area contributed by atoms with Crippen molar-refractivity contribution in [3.05, 3.63) is 11.4 Å². The van der Waals surface area contributed by atoms with Gasteiger partial charge >= 0.3 is 6.18 Å². The van der Waals surface area contributed by atoms with Crippen molar-refractivity contribution in [3.8, 4) is 0 Å². The van der Waals surface area contributed by atoms with Crippen molar-refractivity contribution < 1.29 is 18.3 Å². The summed E-state index contributed by atoms with van der Waals surface area (Å²) >= 11 is 0. The van der Waals surface area contributed by atoms with Crippen LogP contribution >= 0.6 is 0 Å². The van der Waals surface area contributed by atoms with E-state index in [0.717, 1.165) is 17.7 Å². The van der Waals surface area contributed by atoms with Crippen LogP contribution in [0.4, 0.5) is 24.8 Å². The third kappa shape index (κ3) is 3.96. The molecule has 1 aromatic heterocycles. The summed E-state index contributed by atoms with van der Waals surface area (Å²) in [5, 5.41) is 11.9. The summed E-state index contributed by atoms with van der Waals surface area (Å²) in [5.41, 5.74) is 0.555. The van der Waals surface area contributed by atoms with Gasteiger partial charge in [0.1, 0.15) is 24.0 Å². The highest BCUT2D eigenvalue weighted by Gasteiger charge is 2.34. The molecule has 2 rings (SSSR count). The molecule has 1 fully saturated rings. The molecule has 1 heterocycles. The van der Waals surface area contributed by atoms with E-state index >= 15 is 0 Å². The predicted octanol–water partition coefficient (Wildman–Crippen LogP) is 2.07. The van der Waals surface area contributed by atoms with E-state index < -0.39 is 12.7 Å². The van der Waals surface area contributed by atoms with Gasteiger partial charge in [0.05, 0.1) is 6.61 Å². The molecule has 2 N–H and O–H groups in total. The van der Waals surface area contributed by atoms with Crippen LogP contribution in [0.15, 0.2) is 0 Å². The Morgan fingerprint density at radius 1 is 1.33 bits per heavy atom. The van der Waals surface area contributed by atoms with Crippen molar-refractivity contribution in [1.82, 2.24) is 9.97 Å². The molecule has 0 unspecified atom stereocenters. The van der Waals surface area contributed by atoms with E-state index in [2.05, 4.69) is 15.3 Å². The zero-order valence-corrected chi connectivity index (χ0v) is 12.0. The van der Waals surface area contributed by atoms with Gasteiger partial charge in [-0.05, 0) is 19.8 Å². The second-order valence-corrected chi connectivity index (χ2v) is 5.16. The van der Waals surface area contributed by atoms with Crippen LogP contribution in [0.2, 0.25) is 0 Å². The Morgan fingerprint density at radius 2 is 2.00 bits per heavy atom. The molecule has 5 nitrogen and oxygen atoms in total. The smallest absolute Gasteiger partial charge is 0.395 e. The van der Waals surface area contributed by atoms with Gasteiger partial charge in [-0.15, -0.1) is 0 Å². The van der Waals surface area contributed by atoms with Gasteiger partial charge in [0.2, 0.25) is 0 Å². The molecule has 0 atom stereocenters. The maximum Gasteiger partial charge on any atom is 0.405 e. The van der Waals surface area contributed by atoms with Gasteiger partial charge in [-0.2, -0.15) is 13.2 Å². The molecular weight excluding hydrogens is 285 g/mol. The number of halogens is 3. The predicted molar refractivity (Wildman–Crippen MR) is 73.6 cm³/mol. The van der Waals surface area contributed by atoms with Gasteiger partial charge in [0.15, 0.2) is 0 Å². The van der Waals surface area contributed by atoms with Gasteiger partial charge in [0.25, 0.3) is 0 Å². The summed E-state index contributed by atoms with van der Waals surface area (Å²) < 4.78 is 38.2. The number of nitrogens with zero attached hydrogens (tertiary/aromatic N) is 3. The lowest BCUT2D eigenvalue weighted by Gasteiger charge is -2.26. The lowest BCUT2D eigenvalue weighted by Crippen LogP contribution is -2.37. The van der Waals surface area contributed by atoms with E-state index in [1.54, 1.807) is 14.0 Å². The van der Waals surface area contributed by atoms with Gasteiger partial charge in [-0.3, -0.25) is 0 Å². The molecule has 8 heteroatoms. The zero-order chi connectivity index (χ0) is 15.6. The topological polar surface area (TPSA) is 61.3 Å². The van der Waals surface area contributed by atoms with Crippen molar-refractivity contribution in [3.63, 3.8) is 0 Å². The highest BCUT2D eigenvalue weighted by molar-refractivity contribution is 5.59. The molecule has 21 heavy (non-hydrogen) atoms. The van der Waals surface area contributed by atoms with Crippen molar-refractivity contribution in [1.29, 1.82) is 0 Å². The minimum atomic E-state index is -4.36. The molecule has 0 spiro atoms. The van der Waals surface area contributed by atoms with Crippen LogP contribution in [0.1, 0.15) is 30.1 Å². The Balaban J connectivity index is 2.39. The van der Waals surface area contributed by atoms with Crippen molar-refractivity contribution in [2.75, 3.05) is 37.0 Å². The third-order valence-electron chi connectivity index (χ3n) is 3.36. The average molecular weight is 304 g/mol. The summed E-state index contributed by atoms with van der Waals surface area (Å²) in [7, 11) is 1.68. The molecule has 1 aliphatic rings. The van der Waals surface area contributed by atoms with Crippen molar-refractivity contribution in [2.24, 2.45) is 0 Å². The van der Waals surface area contributed by atoms with E-state index in [1.165, 1.54) is 0 Å². The Kier molecular flexibility index (Phi) is 4.55. The van der Waals surface area contributed by atoms with Crippen LogP contribution in [-0.2, 0) is 0 Å². The number of nitrogens with one attached hydrogen (secondary N) is 1. The normalized spacial score (nSPS) is 15.1. The SMILES string of the molecule is CNc1nc(C2CC2)nc(N(CCO)CC(F)(F)F)c1C. The standard InChI is InChI=1S/C13H19F3N4O/c1-8-10(17-2)18-11(9-3-4-9)19-12(8)20(5-6-21)7-13(14,15)16/h9,21H,3-7H2,1-2H3,(H,17,18,19). The largest absolute Gasteiger partial charge is 0.405 e. The Morgan fingerprint density at radius 3 is 2.48 bits per heavy atom. The molecule has 118 valence electrons. The summed E-state index contributed by atoms with van der Waals surface area (Å²) in [6.45, 7) is 0.0507. The Bertz CT molecular complexity index is 503. The van der Waals surface area contributed by atoms with Gasteiger partial charge in [-0.25, -0.2) is 9.97 Å². The van der Waals surface area contributed by atoms with Crippen LogP contribution in [0.3, 0.4) is 0 Å². The quantitative estimate of drug-likeness (QED) is 0.842. The van der Waals surface area contributed by atoms with E-state index in [-0.39, 0.29) is 24.9 Å². The van der Waals surface area contributed by atoms with Crippen LogP contribution in [0.5, 0.6) is 0 Å². The lowest BCUT2D eigenvalue weighted by atomic mass is 10.2. The van der Waals surface area contributed by atoms with Crippen LogP contribution in [0, 0.1) is 6.92 Å². The van der Waals surface area contributed by atoms with E-state index in [1.807, 2.05) is 0 Å². The number of aliphatic hydroxyl groups is 1. The van der Waals surface area contributed by atoms with Gasteiger partial charge in [0, 0.05) is 25.1 Å². The van der Waals surface area contributed by atoms with Crippen molar-refractivity contribution in [2.45, 2.75) is 31.9 Å². The van der Waals surface area contributed by atoms with Crippen LogP contribution in [-0.4, -0.2) is 48.0 Å². The number of anilines is 2. The van der Waals surface area contributed by atoms with Gasteiger partial charge < -0.3 is 15.3 Å². The second-order valence-electron chi connectivity index (χ2n) is 5.16. The first-order valence-corrected chi connectivity index (χ1v) is 6.84. The fourth-order valence-electron chi connectivity index (χ4n) is 2.19. The lowest BCUT2D eigenvalue weighted by molar-refractivity contribution is -0.120.